The van der Waals surface area contributed by atoms with Crippen molar-refractivity contribution in [1.29, 1.82) is 0 Å². The van der Waals surface area contributed by atoms with Gasteiger partial charge in [0.2, 0.25) is 10.0 Å². The highest BCUT2D eigenvalue weighted by Crippen LogP contribution is 2.18. The first-order valence-corrected chi connectivity index (χ1v) is 11.6. The van der Waals surface area contributed by atoms with Crippen LogP contribution in [-0.4, -0.2) is 45.9 Å². The molecule has 0 heterocycles. The van der Waals surface area contributed by atoms with Gasteiger partial charge in [0.1, 0.15) is 5.75 Å². The summed E-state index contributed by atoms with van der Waals surface area (Å²) < 4.78 is 31.3. The summed E-state index contributed by atoms with van der Waals surface area (Å²) in [6, 6.07) is 8.04. The molecule has 1 rings (SSSR count). The maximum Gasteiger partial charge on any atom is 0.209 e. The highest BCUT2D eigenvalue weighted by Gasteiger charge is 2.22. The molecule has 3 N–H and O–H groups in total. The lowest BCUT2D eigenvalue weighted by molar-refractivity contribution is 0.271. The van der Waals surface area contributed by atoms with Crippen molar-refractivity contribution in [3.63, 3.8) is 0 Å². The van der Waals surface area contributed by atoms with Crippen LogP contribution in [0.25, 0.3) is 0 Å². The van der Waals surface area contributed by atoms with Crippen LogP contribution in [0.15, 0.2) is 29.3 Å². The second-order valence-corrected chi connectivity index (χ2v) is 9.84. The van der Waals surface area contributed by atoms with E-state index in [-0.39, 0.29) is 30.0 Å². The van der Waals surface area contributed by atoms with Crippen molar-refractivity contribution >= 4 is 40.0 Å². The van der Waals surface area contributed by atoms with Gasteiger partial charge in [-0.15, -0.1) is 24.0 Å². The summed E-state index contributed by atoms with van der Waals surface area (Å²) in [6.07, 6.45) is 1.15. The molecule has 0 aliphatic rings. The van der Waals surface area contributed by atoms with E-state index in [1.165, 1.54) is 0 Å². The summed E-state index contributed by atoms with van der Waals surface area (Å²) in [7, 11) is -3.29. The fourth-order valence-corrected chi connectivity index (χ4v) is 3.60. The van der Waals surface area contributed by atoms with Gasteiger partial charge in [0.05, 0.1) is 25.4 Å². The van der Waals surface area contributed by atoms with E-state index in [0.717, 1.165) is 17.6 Å². The molecular weight excluding hydrogens is 503 g/mol. The van der Waals surface area contributed by atoms with Gasteiger partial charge in [0.25, 0.3) is 0 Å². The highest BCUT2D eigenvalue weighted by molar-refractivity contribution is 14.0. The largest absolute Gasteiger partial charge is 0.493 e. The van der Waals surface area contributed by atoms with Gasteiger partial charge >= 0.3 is 0 Å². The number of guanidine groups is 1. The topological polar surface area (TPSA) is 91.8 Å². The van der Waals surface area contributed by atoms with Crippen LogP contribution in [0, 0.1) is 5.92 Å². The minimum Gasteiger partial charge on any atom is -0.493 e. The number of nitrogens with zero attached hydrogens (tertiary/aromatic N) is 1. The third-order valence-electron chi connectivity index (χ3n) is 3.76. The Morgan fingerprint density at radius 3 is 2.24 bits per heavy atom. The molecule has 168 valence electrons. The van der Waals surface area contributed by atoms with Crippen molar-refractivity contribution in [1.82, 2.24) is 15.4 Å². The van der Waals surface area contributed by atoms with E-state index in [4.69, 9.17) is 4.74 Å². The van der Waals surface area contributed by atoms with Crippen LogP contribution in [-0.2, 0) is 10.0 Å². The van der Waals surface area contributed by atoms with Crippen LogP contribution in [0.2, 0.25) is 0 Å². The molecule has 0 spiro atoms. The lowest BCUT2D eigenvalue weighted by Crippen LogP contribution is -2.47. The van der Waals surface area contributed by atoms with E-state index in [0.29, 0.717) is 31.6 Å². The minimum atomic E-state index is -3.29. The molecule has 1 atom stereocenters. The normalized spacial score (nSPS) is 13.6. The zero-order valence-electron chi connectivity index (χ0n) is 18.6. The summed E-state index contributed by atoms with van der Waals surface area (Å²) in [4.78, 5) is 4.54. The van der Waals surface area contributed by atoms with Gasteiger partial charge in [-0.25, -0.2) is 13.1 Å². The SMILES string of the molecule is CCNC(=NCC(C)(C)NS(C)(=O)=O)NC(C)c1ccc(OCC(C)C)cc1.I. The van der Waals surface area contributed by atoms with Crippen molar-refractivity contribution in [2.75, 3.05) is 26.0 Å². The molecule has 29 heavy (non-hydrogen) atoms. The Labute approximate surface area is 193 Å². The molecule has 0 radical (unpaired) electrons. The third kappa shape index (κ3) is 12.3. The first-order valence-electron chi connectivity index (χ1n) is 9.68. The molecule has 1 aromatic carbocycles. The summed E-state index contributed by atoms with van der Waals surface area (Å²) >= 11 is 0. The molecule has 9 heteroatoms. The van der Waals surface area contributed by atoms with Gasteiger partial charge in [-0.05, 0) is 51.3 Å². The van der Waals surface area contributed by atoms with E-state index < -0.39 is 15.6 Å². The average molecular weight is 541 g/mol. The maximum absolute atomic E-state index is 11.5. The second kappa shape index (κ2) is 12.6. The van der Waals surface area contributed by atoms with Gasteiger partial charge in [-0.1, -0.05) is 26.0 Å². The fraction of sp³-hybridized carbons (Fsp3) is 0.650. The highest BCUT2D eigenvalue weighted by atomic mass is 127. The lowest BCUT2D eigenvalue weighted by Gasteiger charge is -2.24. The van der Waals surface area contributed by atoms with Crippen LogP contribution in [0.5, 0.6) is 5.75 Å². The van der Waals surface area contributed by atoms with Gasteiger partial charge in [-0.3, -0.25) is 4.99 Å². The van der Waals surface area contributed by atoms with E-state index in [1.54, 1.807) is 13.8 Å². The van der Waals surface area contributed by atoms with Gasteiger partial charge < -0.3 is 15.4 Å². The summed E-state index contributed by atoms with van der Waals surface area (Å²) in [5.74, 6) is 1.98. The van der Waals surface area contributed by atoms with Crippen LogP contribution in [0.4, 0.5) is 0 Å². The Hall–Kier alpha value is -1.07. The number of hydrogen-bond donors (Lipinski definition) is 3. The summed E-state index contributed by atoms with van der Waals surface area (Å²) in [5, 5.41) is 6.56. The standard InChI is InChI=1S/C20H36N4O3S.HI/c1-8-21-19(22-14-20(5,6)24-28(7,25)26)23-16(4)17-9-11-18(12-10-17)27-13-15(2)3;/h9-12,15-16,24H,8,13-14H2,1-7H3,(H2,21,22,23);1H. The predicted octanol–water partition coefficient (Wildman–Crippen LogP) is 3.28. The molecule has 0 saturated heterocycles. The molecule has 0 fully saturated rings. The molecule has 0 aliphatic carbocycles. The molecule has 1 aromatic rings. The quantitative estimate of drug-likeness (QED) is 0.241. The molecule has 0 saturated carbocycles. The lowest BCUT2D eigenvalue weighted by atomic mass is 10.1. The van der Waals surface area contributed by atoms with Crippen LogP contribution < -0.4 is 20.1 Å². The van der Waals surface area contributed by atoms with Crippen LogP contribution >= 0.6 is 24.0 Å². The Balaban J connectivity index is 0.00000784. The number of halogens is 1. The molecule has 1 unspecified atom stereocenters. The van der Waals surface area contributed by atoms with Crippen molar-refractivity contribution in [2.45, 2.75) is 53.1 Å². The Bertz CT molecular complexity index is 735. The molecule has 0 aromatic heterocycles. The van der Waals surface area contributed by atoms with Crippen molar-refractivity contribution in [3.8, 4) is 5.75 Å². The van der Waals surface area contributed by atoms with Crippen LogP contribution in [0.1, 0.15) is 53.1 Å². The van der Waals surface area contributed by atoms with Crippen LogP contribution in [0.3, 0.4) is 0 Å². The first kappa shape index (κ1) is 27.9. The number of benzene rings is 1. The van der Waals surface area contributed by atoms with E-state index in [9.17, 15) is 8.42 Å². The van der Waals surface area contributed by atoms with Gasteiger partial charge in [-0.2, -0.15) is 0 Å². The van der Waals surface area contributed by atoms with E-state index in [1.807, 2.05) is 31.2 Å². The van der Waals surface area contributed by atoms with Crippen molar-refractivity contribution < 1.29 is 13.2 Å². The molecule has 0 amide bonds. The average Bonchev–Trinajstić information content (AvgIpc) is 2.56. The second-order valence-electron chi connectivity index (χ2n) is 8.09. The number of hydrogen-bond acceptors (Lipinski definition) is 4. The smallest absolute Gasteiger partial charge is 0.209 e. The monoisotopic (exact) mass is 540 g/mol. The molecular formula is C20H37IN4O3S. The minimum absolute atomic E-state index is 0. The summed E-state index contributed by atoms with van der Waals surface area (Å²) in [5.41, 5.74) is 0.435. The maximum atomic E-state index is 11.5. The Kier molecular flexibility index (Phi) is 12.1. The zero-order chi connectivity index (χ0) is 21.4. The zero-order valence-corrected chi connectivity index (χ0v) is 21.7. The molecule has 0 aliphatic heterocycles. The van der Waals surface area contributed by atoms with E-state index in [2.05, 4.69) is 41.1 Å². The van der Waals surface area contributed by atoms with Gasteiger partial charge in [0.15, 0.2) is 5.96 Å². The van der Waals surface area contributed by atoms with Crippen molar-refractivity contribution in [3.05, 3.63) is 29.8 Å². The molecule has 7 nitrogen and oxygen atoms in total. The number of aliphatic imine (C=N–C) groups is 1. The number of sulfonamides is 1. The first-order chi connectivity index (χ1) is 12.9. The third-order valence-corrected chi connectivity index (χ3v) is 4.68. The van der Waals surface area contributed by atoms with Gasteiger partial charge in [0, 0.05) is 12.1 Å². The molecule has 0 bridgehead atoms. The number of ether oxygens (including phenoxy) is 1. The number of rotatable bonds is 10. The Morgan fingerprint density at radius 1 is 1.17 bits per heavy atom. The van der Waals surface area contributed by atoms with E-state index >= 15 is 0 Å². The number of nitrogens with one attached hydrogen (secondary N) is 3. The summed E-state index contributed by atoms with van der Waals surface area (Å²) in [6.45, 7) is 13.6. The Morgan fingerprint density at radius 2 is 1.76 bits per heavy atom. The fourth-order valence-electron chi connectivity index (χ4n) is 2.53. The predicted molar refractivity (Wildman–Crippen MR) is 132 cm³/mol. The van der Waals surface area contributed by atoms with Crippen molar-refractivity contribution in [2.24, 2.45) is 10.9 Å².